The molecular formula is C30H41N3O. The number of benzene rings is 2. The number of hydrogen-bond donors (Lipinski definition) is 0. The number of fused-ring (bicyclic) bond motifs is 1. The zero-order valence-corrected chi connectivity index (χ0v) is 20.9. The number of hydrogen-bond acceptors (Lipinski definition) is 2. The van der Waals surface area contributed by atoms with Crippen molar-refractivity contribution in [3.05, 3.63) is 66.0 Å². The van der Waals surface area contributed by atoms with Gasteiger partial charge in [-0.2, -0.15) is 0 Å². The molecule has 1 saturated heterocycles. The average Bonchev–Trinajstić information content (AvgIpc) is 3.41. The van der Waals surface area contributed by atoms with E-state index >= 15 is 0 Å². The van der Waals surface area contributed by atoms with E-state index in [9.17, 15) is 4.79 Å². The van der Waals surface area contributed by atoms with Gasteiger partial charge in [-0.3, -0.25) is 4.79 Å². The number of imidazole rings is 1. The minimum absolute atomic E-state index is 0.173. The van der Waals surface area contributed by atoms with Crippen molar-refractivity contribution in [2.45, 2.75) is 96.6 Å². The van der Waals surface area contributed by atoms with E-state index < -0.39 is 0 Å². The number of rotatable bonds is 14. The summed E-state index contributed by atoms with van der Waals surface area (Å²) in [5.41, 5.74) is 3.45. The monoisotopic (exact) mass is 459 g/mol. The van der Waals surface area contributed by atoms with Crippen LogP contribution in [0, 0.1) is 0 Å². The molecule has 2 aromatic carbocycles. The second-order valence-electron chi connectivity index (χ2n) is 9.95. The highest BCUT2D eigenvalue weighted by Gasteiger charge is 2.33. The Labute approximate surface area is 205 Å². The Morgan fingerprint density at radius 2 is 1.47 bits per heavy atom. The first kappa shape index (κ1) is 24.5. The highest BCUT2D eigenvalue weighted by molar-refractivity contribution is 5.81. The molecule has 1 atom stereocenters. The molecule has 4 heteroatoms. The fraction of sp³-hybridized carbons (Fsp3) is 0.533. The maximum atomic E-state index is 12.8. The molecule has 1 aromatic heterocycles. The number of nitrogens with zero attached hydrogens (tertiary/aromatic N) is 3. The van der Waals surface area contributed by atoms with Crippen LogP contribution in [0.4, 0.5) is 0 Å². The van der Waals surface area contributed by atoms with Crippen molar-refractivity contribution < 1.29 is 4.79 Å². The standard InChI is InChI=1S/C30H41N3O/c1-2-3-4-5-6-7-8-9-10-16-21-33-28-20-15-14-19-27(28)31-30(33)26-22-29(34)32(24-26)23-25-17-12-11-13-18-25/h11-15,17-20,26H,2-10,16,21-24H2,1H3. The van der Waals surface area contributed by atoms with E-state index in [0.29, 0.717) is 13.0 Å². The smallest absolute Gasteiger partial charge is 0.223 e. The van der Waals surface area contributed by atoms with Crippen LogP contribution in [0.1, 0.15) is 94.9 Å². The summed E-state index contributed by atoms with van der Waals surface area (Å²) in [6.07, 6.45) is 14.0. The minimum Gasteiger partial charge on any atom is -0.338 e. The largest absolute Gasteiger partial charge is 0.338 e. The number of carbonyl (C=O) groups is 1. The van der Waals surface area contributed by atoms with Crippen LogP contribution >= 0.6 is 0 Å². The van der Waals surface area contributed by atoms with Gasteiger partial charge in [-0.15, -0.1) is 0 Å². The summed E-state index contributed by atoms with van der Waals surface area (Å²) in [6, 6.07) is 18.7. The van der Waals surface area contributed by atoms with E-state index in [-0.39, 0.29) is 11.8 Å². The molecule has 3 aromatic rings. The summed E-state index contributed by atoms with van der Waals surface area (Å²) < 4.78 is 2.41. The van der Waals surface area contributed by atoms with Crippen molar-refractivity contribution in [3.63, 3.8) is 0 Å². The van der Waals surface area contributed by atoms with Crippen LogP contribution in [0.25, 0.3) is 11.0 Å². The third kappa shape index (κ3) is 6.49. The van der Waals surface area contributed by atoms with E-state index in [4.69, 9.17) is 4.98 Å². The molecule has 0 aliphatic carbocycles. The van der Waals surface area contributed by atoms with Gasteiger partial charge in [0.2, 0.25) is 5.91 Å². The molecule has 1 aliphatic heterocycles. The van der Waals surface area contributed by atoms with Gasteiger partial charge in [0, 0.05) is 32.0 Å². The van der Waals surface area contributed by atoms with Crippen LogP contribution in [0.15, 0.2) is 54.6 Å². The predicted octanol–water partition coefficient (Wildman–Crippen LogP) is 7.47. The molecule has 0 radical (unpaired) electrons. The number of carbonyl (C=O) groups excluding carboxylic acids is 1. The first-order valence-corrected chi connectivity index (χ1v) is 13.5. The van der Waals surface area contributed by atoms with Crippen LogP contribution in [-0.4, -0.2) is 26.9 Å². The lowest BCUT2D eigenvalue weighted by Crippen LogP contribution is -2.24. The first-order valence-electron chi connectivity index (χ1n) is 13.5. The Hall–Kier alpha value is -2.62. The maximum absolute atomic E-state index is 12.8. The molecule has 0 bridgehead atoms. The number of aryl methyl sites for hydroxylation is 1. The topological polar surface area (TPSA) is 38.1 Å². The molecule has 1 unspecified atom stereocenters. The van der Waals surface area contributed by atoms with Gasteiger partial charge in [-0.25, -0.2) is 4.98 Å². The van der Waals surface area contributed by atoms with E-state index in [1.807, 2.05) is 23.1 Å². The van der Waals surface area contributed by atoms with Crippen LogP contribution < -0.4 is 0 Å². The van der Waals surface area contributed by atoms with Gasteiger partial charge in [0.25, 0.3) is 0 Å². The van der Waals surface area contributed by atoms with Gasteiger partial charge in [0.1, 0.15) is 5.82 Å². The van der Waals surface area contributed by atoms with Crippen molar-refractivity contribution in [2.24, 2.45) is 0 Å². The lowest BCUT2D eigenvalue weighted by molar-refractivity contribution is -0.128. The van der Waals surface area contributed by atoms with Gasteiger partial charge < -0.3 is 9.47 Å². The molecule has 34 heavy (non-hydrogen) atoms. The zero-order valence-electron chi connectivity index (χ0n) is 20.9. The number of amides is 1. The molecule has 0 spiro atoms. The third-order valence-corrected chi connectivity index (χ3v) is 7.22. The van der Waals surface area contributed by atoms with Crippen molar-refractivity contribution >= 4 is 16.9 Å². The molecule has 0 N–H and O–H groups in total. The lowest BCUT2D eigenvalue weighted by Gasteiger charge is -2.17. The number of unbranched alkanes of at least 4 members (excludes halogenated alkanes) is 9. The Morgan fingerprint density at radius 3 is 2.21 bits per heavy atom. The van der Waals surface area contributed by atoms with Crippen molar-refractivity contribution in [2.75, 3.05) is 6.54 Å². The summed E-state index contributed by atoms with van der Waals surface area (Å²) >= 11 is 0. The third-order valence-electron chi connectivity index (χ3n) is 7.22. The van der Waals surface area contributed by atoms with Gasteiger partial charge in [-0.1, -0.05) is 107 Å². The Morgan fingerprint density at radius 1 is 0.824 bits per heavy atom. The lowest BCUT2D eigenvalue weighted by atomic mass is 10.1. The second-order valence-corrected chi connectivity index (χ2v) is 9.95. The Bertz CT molecular complexity index is 1030. The quantitative estimate of drug-likeness (QED) is 0.234. The normalized spacial score (nSPS) is 16.1. The van der Waals surface area contributed by atoms with Crippen LogP contribution in [0.3, 0.4) is 0 Å². The molecule has 1 amide bonds. The van der Waals surface area contributed by atoms with E-state index in [2.05, 4.69) is 47.9 Å². The predicted molar refractivity (Wildman–Crippen MR) is 141 cm³/mol. The van der Waals surface area contributed by atoms with Gasteiger partial charge in [-0.05, 0) is 24.1 Å². The van der Waals surface area contributed by atoms with Gasteiger partial charge in [0.05, 0.1) is 11.0 Å². The SMILES string of the molecule is CCCCCCCCCCCCn1c(C2CC(=O)N(Cc3ccccc3)C2)nc2ccccc21. The summed E-state index contributed by atoms with van der Waals surface area (Å²) in [6.45, 7) is 4.72. The number of para-hydroxylation sites is 2. The highest BCUT2D eigenvalue weighted by atomic mass is 16.2. The fourth-order valence-electron chi connectivity index (χ4n) is 5.30. The molecule has 1 fully saturated rings. The first-order chi connectivity index (χ1) is 16.8. The molecular weight excluding hydrogens is 418 g/mol. The second kappa shape index (κ2) is 12.7. The van der Waals surface area contributed by atoms with Crippen molar-refractivity contribution in [3.8, 4) is 0 Å². The molecule has 0 saturated carbocycles. The molecule has 1 aliphatic rings. The molecule has 182 valence electrons. The maximum Gasteiger partial charge on any atom is 0.223 e. The van der Waals surface area contributed by atoms with Crippen molar-refractivity contribution in [1.82, 2.24) is 14.5 Å². The van der Waals surface area contributed by atoms with E-state index in [0.717, 1.165) is 24.4 Å². The minimum atomic E-state index is 0.173. The van der Waals surface area contributed by atoms with Crippen molar-refractivity contribution in [1.29, 1.82) is 0 Å². The summed E-state index contributed by atoms with van der Waals surface area (Å²) in [5.74, 6) is 1.51. The van der Waals surface area contributed by atoms with Gasteiger partial charge in [0.15, 0.2) is 0 Å². The fourth-order valence-corrected chi connectivity index (χ4v) is 5.30. The van der Waals surface area contributed by atoms with E-state index in [1.165, 1.54) is 75.3 Å². The Balaban J connectivity index is 1.33. The Kier molecular flexibility index (Phi) is 9.18. The number of likely N-dealkylation sites (tertiary alicyclic amines) is 1. The number of aromatic nitrogens is 2. The van der Waals surface area contributed by atoms with Crippen LogP contribution in [0.5, 0.6) is 0 Å². The van der Waals surface area contributed by atoms with E-state index in [1.54, 1.807) is 0 Å². The van der Waals surface area contributed by atoms with Crippen LogP contribution in [0.2, 0.25) is 0 Å². The average molecular weight is 460 g/mol. The molecule has 4 rings (SSSR count). The van der Waals surface area contributed by atoms with Crippen LogP contribution in [-0.2, 0) is 17.9 Å². The van der Waals surface area contributed by atoms with Gasteiger partial charge >= 0.3 is 0 Å². The highest BCUT2D eigenvalue weighted by Crippen LogP contribution is 2.31. The molecule has 4 nitrogen and oxygen atoms in total. The zero-order chi connectivity index (χ0) is 23.6. The summed E-state index contributed by atoms with van der Waals surface area (Å²) in [5, 5.41) is 0. The summed E-state index contributed by atoms with van der Waals surface area (Å²) in [4.78, 5) is 19.8. The molecule has 2 heterocycles. The summed E-state index contributed by atoms with van der Waals surface area (Å²) in [7, 11) is 0.